The molecule has 0 aromatic heterocycles. The highest BCUT2D eigenvalue weighted by Gasteiger charge is 2.16. The Balaban J connectivity index is 1.95. The highest BCUT2D eigenvalue weighted by atomic mass is 19.1. The Bertz CT molecular complexity index is 919. The molecule has 3 aromatic rings. The maximum absolute atomic E-state index is 13.3. The summed E-state index contributed by atoms with van der Waals surface area (Å²) in [6.45, 7) is 0. The van der Waals surface area contributed by atoms with Crippen LogP contribution < -0.4 is 5.32 Å². The fraction of sp³-hybridized carbons (Fsp3) is 0. The summed E-state index contributed by atoms with van der Waals surface area (Å²) in [5.41, 5.74) is -0.0770. The largest absolute Gasteiger partial charge is 0.322 e. The van der Waals surface area contributed by atoms with E-state index >= 15 is 0 Å². The van der Waals surface area contributed by atoms with Gasteiger partial charge in [0.1, 0.15) is 0 Å². The van der Waals surface area contributed by atoms with Gasteiger partial charge < -0.3 is 5.32 Å². The lowest BCUT2D eigenvalue weighted by Crippen LogP contribution is -2.12. The van der Waals surface area contributed by atoms with Gasteiger partial charge in [-0.25, -0.2) is 0 Å². The van der Waals surface area contributed by atoms with Crippen molar-refractivity contribution in [1.82, 2.24) is 0 Å². The van der Waals surface area contributed by atoms with Gasteiger partial charge in [0, 0.05) is 17.3 Å². The molecule has 6 heteroatoms. The number of nitrogens with one attached hydrogen (secondary N) is 1. The van der Waals surface area contributed by atoms with Crippen LogP contribution in [0.3, 0.4) is 0 Å². The highest BCUT2D eigenvalue weighted by molar-refractivity contribution is 6.12. The lowest BCUT2D eigenvalue weighted by Gasteiger charge is -2.08. The van der Waals surface area contributed by atoms with Crippen molar-refractivity contribution < 1.29 is 14.1 Å². The summed E-state index contributed by atoms with van der Waals surface area (Å²) in [6, 6.07) is 15.9. The molecular formula is C17H11FN2O3. The first-order valence-electron chi connectivity index (χ1n) is 6.79. The number of amides is 1. The Labute approximate surface area is 130 Å². The van der Waals surface area contributed by atoms with Gasteiger partial charge in [-0.1, -0.05) is 36.4 Å². The highest BCUT2D eigenvalue weighted by Crippen LogP contribution is 2.23. The van der Waals surface area contributed by atoms with Crippen LogP contribution in [0.1, 0.15) is 10.4 Å². The molecule has 1 amide bonds. The van der Waals surface area contributed by atoms with Crippen molar-refractivity contribution >= 4 is 28.1 Å². The average molecular weight is 310 g/mol. The third kappa shape index (κ3) is 2.87. The lowest BCUT2D eigenvalue weighted by molar-refractivity contribution is -0.387. The van der Waals surface area contributed by atoms with Gasteiger partial charge in [0.15, 0.2) is 0 Å². The van der Waals surface area contributed by atoms with Crippen molar-refractivity contribution in [3.63, 3.8) is 0 Å². The number of nitro groups is 1. The van der Waals surface area contributed by atoms with Crippen LogP contribution in [0.5, 0.6) is 0 Å². The second kappa shape index (κ2) is 5.84. The summed E-state index contributed by atoms with van der Waals surface area (Å²) in [5.74, 6) is -1.36. The van der Waals surface area contributed by atoms with E-state index in [0.717, 1.165) is 22.9 Å². The molecule has 5 nitrogen and oxygen atoms in total. The maximum atomic E-state index is 13.3. The Kier molecular flexibility index (Phi) is 3.72. The number of fused-ring (bicyclic) bond motifs is 1. The number of carbonyl (C=O) groups is 1. The molecule has 0 aliphatic heterocycles. The molecule has 114 valence electrons. The first-order valence-corrected chi connectivity index (χ1v) is 6.79. The zero-order valence-electron chi connectivity index (χ0n) is 11.8. The van der Waals surface area contributed by atoms with Crippen LogP contribution in [-0.2, 0) is 0 Å². The van der Waals surface area contributed by atoms with Gasteiger partial charge in [-0.05, 0) is 29.0 Å². The van der Waals surface area contributed by atoms with Gasteiger partial charge >= 0.3 is 5.69 Å². The smallest absolute Gasteiger partial charge is 0.306 e. The molecule has 0 spiro atoms. The van der Waals surface area contributed by atoms with E-state index in [9.17, 15) is 19.3 Å². The Morgan fingerprint density at radius 2 is 1.78 bits per heavy atom. The van der Waals surface area contributed by atoms with E-state index in [4.69, 9.17) is 0 Å². The van der Waals surface area contributed by atoms with Crippen molar-refractivity contribution in [1.29, 1.82) is 0 Å². The van der Waals surface area contributed by atoms with Gasteiger partial charge in [-0.15, -0.1) is 0 Å². The Hall–Kier alpha value is -3.28. The topological polar surface area (TPSA) is 72.2 Å². The summed E-state index contributed by atoms with van der Waals surface area (Å²) in [6.07, 6.45) is 0. The van der Waals surface area contributed by atoms with E-state index < -0.39 is 22.3 Å². The number of benzene rings is 3. The van der Waals surface area contributed by atoms with E-state index in [1.54, 1.807) is 12.1 Å². The molecule has 1 N–H and O–H groups in total. The minimum Gasteiger partial charge on any atom is -0.322 e. The molecule has 3 aromatic carbocycles. The third-order valence-corrected chi connectivity index (χ3v) is 3.43. The normalized spacial score (nSPS) is 10.5. The molecule has 0 bridgehead atoms. The van der Waals surface area contributed by atoms with Gasteiger partial charge in [-0.3, -0.25) is 14.9 Å². The second-order valence-electron chi connectivity index (χ2n) is 4.90. The molecule has 23 heavy (non-hydrogen) atoms. The van der Waals surface area contributed by atoms with Gasteiger partial charge in [-0.2, -0.15) is 4.39 Å². The van der Waals surface area contributed by atoms with E-state index in [1.807, 2.05) is 30.3 Å². The van der Waals surface area contributed by atoms with E-state index in [-0.39, 0.29) is 5.69 Å². The summed E-state index contributed by atoms with van der Waals surface area (Å²) in [7, 11) is 0. The van der Waals surface area contributed by atoms with Gasteiger partial charge in [0.05, 0.1) is 4.92 Å². The van der Waals surface area contributed by atoms with Crippen molar-refractivity contribution in [3.8, 4) is 0 Å². The lowest BCUT2D eigenvalue weighted by atomic mass is 10.0. The number of halogens is 1. The van der Waals surface area contributed by atoms with Crippen LogP contribution in [0.2, 0.25) is 0 Å². The molecule has 0 fully saturated rings. The summed E-state index contributed by atoms with van der Waals surface area (Å²) < 4.78 is 13.3. The Morgan fingerprint density at radius 3 is 2.57 bits per heavy atom. The molecule has 0 aliphatic carbocycles. The van der Waals surface area contributed by atoms with E-state index in [1.165, 1.54) is 6.07 Å². The number of rotatable bonds is 3. The van der Waals surface area contributed by atoms with E-state index in [2.05, 4.69) is 5.32 Å². The fourth-order valence-corrected chi connectivity index (χ4v) is 2.35. The predicted molar refractivity (Wildman–Crippen MR) is 85.0 cm³/mol. The van der Waals surface area contributed by atoms with Gasteiger partial charge in [0.2, 0.25) is 5.82 Å². The Morgan fingerprint density at radius 1 is 1.04 bits per heavy atom. The first kappa shape index (κ1) is 14.6. The minimum absolute atomic E-state index is 0.163. The van der Waals surface area contributed by atoms with Crippen LogP contribution in [0.4, 0.5) is 15.8 Å². The number of carbonyl (C=O) groups excluding carboxylic acids is 1. The standard InChI is InChI=1S/C17H11FN2O3/c18-15-9-8-12(10-16(15)20(22)23)19-17(21)14-7-3-5-11-4-1-2-6-13(11)14/h1-10H,(H,19,21). The van der Waals surface area contributed by atoms with Crippen LogP contribution in [0.25, 0.3) is 10.8 Å². The third-order valence-electron chi connectivity index (χ3n) is 3.43. The zero-order chi connectivity index (χ0) is 16.4. The molecule has 0 saturated heterocycles. The monoisotopic (exact) mass is 310 g/mol. The van der Waals surface area contributed by atoms with Crippen LogP contribution in [-0.4, -0.2) is 10.8 Å². The molecule has 0 unspecified atom stereocenters. The molecule has 0 saturated carbocycles. The molecule has 0 aliphatic rings. The number of hydrogen-bond acceptors (Lipinski definition) is 3. The first-order chi connectivity index (χ1) is 11.1. The van der Waals surface area contributed by atoms with Crippen molar-refractivity contribution in [2.24, 2.45) is 0 Å². The second-order valence-corrected chi connectivity index (χ2v) is 4.90. The number of nitrogens with zero attached hydrogens (tertiary/aromatic N) is 1. The number of anilines is 1. The molecule has 0 radical (unpaired) electrons. The number of hydrogen-bond donors (Lipinski definition) is 1. The zero-order valence-corrected chi connectivity index (χ0v) is 11.8. The maximum Gasteiger partial charge on any atom is 0.306 e. The fourth-order valence-electron chi connectivity index (χ4n) is 2.35. The average Bonchev–Trinajstić information content (AvgIpc) is 2.55. The number of nitro benzene ring substituents is 1. The van der Waals surface area contributed by atoms with Gasteiger partial charge in [0.25, 0.3) is 5.91 Å². The summed E-state index contributed by atoms with van der Waals surface area (Å²) >= 11 is 0. The van der Waals surface area contributed by atoms with Crippen LogP contribution in [0.15, 0.2) is 60.7 Å². The van der Waals surface area contributed by atoms with Crippen LogP contribution in [0, 0.1) is 15.9 Å². The van der Waals surface area contributed by atoms with Crippen molar-refractivity contribution in [2.45, 2.75) is 0 Å². The predicted octanol–water partition coefficient (Wildman–Crippen LogP) is 4.14. The molecule has 0 heterocycles. The summed E-state index contributed by atoms with van der Waals surface area (Å²) in [5, 5.41) is 15.0. The van der Waals surface area contributed by atoms with Crippen LogP contribution >= 0.6 is 0 Å². The van der Waals surface area contributed by atoms with Crippen molar-refractivity contribution in [3.05, 3.63) is 82.2 Å². The SMILES string of the molecule is O=C(Nc1ccc(F)c([N+](=O)[O-])c1)c1cccc2ccccc12. The van der Waals surface area contributed by atoms with E-state index in [0.29, 0.717) is 5.56 Å². The molecule has 0 atom stereocenters. The van der Waals surface area contributed by atoms with Crippen molar-refractivity contribution in [2.75, 3.05) is 5.32 Å². The molecular weight excluding hydrogens is 299 g/mol. The molecule has 3 rings (SSSR count). The summed E-state index contributed by atoms with van der Waals surface area (Å²) in [4.78, 5) is 22.3. The minimum atomic E-state index is -0.946. The quantitative estimate of drug-likeness (QED) is 0.583.